The molecule has 28 heavy (non-hydrogen) atoms. The van der Waals surface area contributed by atoms with E-state index in [1.165, 1.54) is 12.1 Å². The standard InChI is InChI=1S/C11H8O3.C7H17NO5.H3N/c12-10-6-8-4-2-1-3-7(8)5-9(10)11(13)14;1-8-2-4(10)6(12)7(13)5(11)3-9;/h1-6,12H,(H,13,14);4-13H,2-3H2,1H3;1H3/t;4-,5+,6+,7+;/m.0./s1. The number of carboxylic acids is 1. The second-order valence-corrected chi connectivity index (χ2v) is 5.88. The Labute approximate surface area is 161 Å². The van der Waals surface area contributed by atoms with Gasteiger partial charge in [-0.15, -0.1) is 0 Å². The maximum atomic E-state index is 10.7. The third kappa shape index (κ3) is 7.02. The highest BCUT2D eigenvalue weighted by molar-refractivity contribution is 5.97. The largest absolute Gasteiger partial charge is 0.507 e. The summed E-state index contributed by atoms with van der Waals surface area (Å²) in [5.74, 6) is -1.32. The van der Waals surface area contributed by atoms with Crippen LogP contribution in [0.4, 0.5) is 0 Å². The molecule has 0 radical (unpaired) electrons. The van der Waals surface area contributed by atoms with Crippen molar-refractivity contribution in [3.05, 3.63) is 42.0 Å². The first-order valence-electron chi connectivity index (χ1n) is 8.15. The van der Waals surface area contributed by atoms with Crippen LogP contribution < -0.4 is 11.5 Å². The molecule has 0 aromatic heterocycles. The van der Waals surface area contributed by atoms with Crippen molar-refractivity contribution >= 4 is 16.7 Å². The van der Waals surface area contributed by atoms with Crippen molar-refractivity contribution in [1.82, 2.24) is 11.5 Å². The molecule has 0 amide bonds. The van der Waals surface area contributed by atoms with Crippen molar-refractivity contribution in [2.45, 2.75) is 24.4 Å². The Hall–Kier alpha value is -2.31. The van der Waals surface area contributed by atoms with Gasteiger partial charge in [-0.25, -0.2) is 4.79 Å². The second kappa shape index (κ2) is 12.2. The lowest BCUT2D eigenvalue weighted by Gasteiger charge is -2.25. The number of hydrogen-bond acceptors (Lipinski definition) is 9. The number of aliphatic hydroxyl groups excluding tert-OH is 5. The molecule has 10 nitrogen and oxygen atoms in total. The lowest BCUT2D eigenvalue weighted by molar-refractivity contribution is -0.113. The summed E-state index contributed by atoms with van der Waals surface area (Å²) < 4.78 is 0. The van der Waals surface area contributed by atoms with Gasteiger partial charge in [-0.1, -0.05) is 24.3 Å². The molecule has 2 aromatic rings. The molecule has 158 valence electrons. The average molecular weight is 400 g/mol. The van der Waals surface area contributed by atoms with E-state index in [1.54, 1.807) is 13.1 Å². The first-order chi connectivity index (χ1) is 12.7. The Morgan fingerprint density at radius 1 is 1.00 bits per heavy atom. The van der Waals surface area contributed by atoms with Crippen molar-refractivity contribution in [1.29, 1.82) is 0 Å². The summed E-state index contributed by atoms with van der Waals surface area (Å²) in [6, 6.07) is 10.2. The van der Waals surface area contributed by atoms with Crippen LogP contribution in [0, 0.1) is 0 Å². The molecule has 10 heteroatoms. The Balaban J connectivity index is 0.000000505. The molecule has 0 spiro atoms. The fraction of sp³-hybridized carbons (Fsp3) is 0.389. The SMILES string of the molecule is CNC[C@H](O)[C@@H](O)[C@H](O)[C@H](O)CO.N.O=C(O)c1cc2ccccc2cc1O. The zero-order valence-corrected chi connectivity index (χ0v) is 15.4. The number of likely N-dealkylation sites (N-methyl/N-ethyl adjacent to an activating group) is 1. The van der Waals surface area contributed by atoms with Crippen LogP contribution in [0.2, 0.25) is 0 Å². The van der Waals surface area contributed by atoms with Gasteiger partial charge in [0.2, 0.25) is 0 Å². The third-order valence-corrected chi connectivity index (χ3v) is 3.83. The summed E-state index contributed by atoms with van der Waals surface area (Å²) in [7, 11) is 1.57. The lowest BCUT2D eigenvalue weighted by Crippen LogP contribution is -2.48. The fourth-order valence-electron chi connectivity index (χ4n) is 2.29. The van der Waals surface area contributed by atoms with Crippen LogP contribution >= 0.6 is 0 Å². The highest BCUT2D eigenvalue weighted by Crippen LogP contribution is 2.24. The van der Waals surface area contributed by atoms with Gasteiger partial charge in [0, 0.05) is 6.54 Å². The van der Waals surface area contributed by atoms with E-state index >= 15 is 0 Å². The highest BCUT2D eigenvalue weighted by atomic mass is 16.4. The molecule has 0 fully saturated rings. The van der Waals surface area contributed by atoms with E-state index in [0.29, 0.717) is 0 Å². The van der Waals surface area contributed by atoms with Crippen LogP contribution in [0.3, 0.4) is 0 Å². The number of aromatic carboxylic acids is 1. The van der Waals surface area contributed by atoms with E-state index in [4.69, 9.17) is 25.5 Å². The zero-order valence-electron chi connectivity index (χ0n) is 15.4. The molecular formula is C18H28N2O8. The molecule has 0 saturated carbocycles. The quantitative estimate of drug-likeness (QED) is 0.278. The van der Waals surface area contributed by atoms with E-state index in [9.17, 15) is 15.0 Å². The number of nitrogens with one attached hydrogen (secondary N) is 1. The third-order valence-electron chi connectivity index (χ3n) is 3.83. The molecule has 0 bridgehead atoms. The summed E-state index contributed by atoms with van der Waals surface area (Å²) in [5, 5.41) is 67.3. The molecule has 0 aliphatic rings. The number of fused-ring (bicyclic) bond motifs is 1. The first-order valence-corrected chi connectivity index (χ1v) is 8.15. The van der Waals surface area contributed by atoms with Crippen molar-refractivity contribution in [2.24, 2.45) is 0 Å². The fourth-order valence-corrected chi connectivity index (χ4v) is 2.29. The van der Waals surface area contributed by atoms with Crippen LogP contribution in [0.1, 0.15) is 10.4 Å². The molecule has 2 rings (SSSR count). The lowest BCUT2D eigenvalue weighted by atomic mass is 10.0. The molecule has 0 saturated heterocycles. The van der Waals surface area contributed by atoms with Gasteiger partial charge in [-0.2, -0.15) is 0 Å². The Morgan fingerprint density at radius 3 is 1.96 bits per heavy atom. The smallest absolute Gasteiger partial charge is 0.339 e. The van der Waals surface area contributed by atoms with Gasteiger partial charge in [-0.3, -0.25) is 0 Å². The maximum Gasteiger partial charge on any atom is 0.339 e. The van der Waals surface area contributed by atoms with Crippen molar-refractivity contribution < 1.29 is 40.5 Å². The number of carbonyl (C=O) groups is 1. The normalized spacial score (nSPS) is 14.8. The van der Waals surface area contributed by atoms with Gasteiger partial charge in [-0.05, 0) is 30.0 Å². The Bertz CT molecular complexity index is 743. The summed E-state index contributed by atoms with van der Waals surface area (Å²) >= 11 is 0. The zero-order chi connectivity index (χ0) is 20.6. The Morgan fingerprint density at radius 2 is 1.50 bits per heavy atom. The minimum atomic E-state index is -1.55. The monoisotopic (exact) mass is 400 g/mol. The van der Waals surface area contributed by atoms with Crippen LogP contribution in [0.25, 0.3) is 10.8 Å². The van der Waals surface area contributed by atoms with Crippen molar-refractivity contribution in [3.63, 3.8) is 0 Å². The Kier molecular flexibility index (Phi) is 11.2. The van der Waals surface area contributed by atoms with Crippen LogP contribution in [0.15, 0.2) is 36.4 Å². The average Bonchev–Trinajstić information content (AvgIpc) is 2.66. The summed E-state index contributed by atoms with van der Waals surface area (Å²) in [5.41, 5.74) is -0.0660. The van der Waals surface area contributed by atoms with E-state index in [0.717, 1.165) is 10.8 Å². The van der Waals surface area contributed by atoms with Crippen LogP contribution in [-0.4, -0.2) is 86.3 Å². The number of rotatable bonds is 7. The highest BCUT2D eigenvalue weighted by Gasteiger charge is 2.29. The van der Waals surface area contributed by atoms with Gasteiger partial charge in [0.25, 0.3) is 0 Å². The molecular weight excluding hydrogens is 372 g/mol. The van der Waals surface area contributed by atoms with E-state index in [2.05, 4.69) is 5.32 Å². The molecule has 0 unspecified atom stereocenters. The number of aliphatic hydroxyl groups is 5. The van der Waals surface area contributed by atoms with Crippen LogP contribution in [-0.2, 0) is 0 Å². The maximum absolute atomic E-state index is 10.7. The number of hydrogen-bond donors (Lipinski definition) is 9. The van der Waals surface area contributed by atoms with Crippen molar-refractivity contribution in [3.8, 4) is 5.75 Å². The van der Waals surface area contributed by atoms with E-state index in [1.807, 2.05) is 18.2 Å². The molecule has 2 aromatic carbocycles. The van der Waals surface area contributed by atoms with Gasteiger partial charge < -0.3 is 47.2 Å². The molecule has 0 heterocycles. The molecule has 11 N–H and O–H groups in total. The minimum absolute atomic E-state index is 0. The van der Waals surface area contributed by atoms with Crippen LogP contribution in [0.5, 0.6) is 5.75 Å². The van der Waals surface area contributed by atoms with Gasteiger partial charge >= 0.3 is 5.97 Å². The number of carboxylic acid groups (broad SMARTS) is 1. The second-order valence-electron chi connectivity index (χ2n) is 5.88. The predicted molar refractivity (Wildman–Crippen MR) is 103 cm³/mol. The first kappa shape index (κ1) is 25.7. The summed E-state index contributed by atoms with van der Waals surface area (Å²) in [6.07, 6.45) is -5.65. The van der Waals surface area contributed by atoms with Gasteiger partial charge in [0.05, 0.1) is 12.7 Å². The number of benzene rings is 2. The number of aromatic hydroxyl groups is 1. The van der Waals surface area contributed by atoms with Gasteiger partial charge in [0.15, 0.2) is 0 Å². The molecule has 0 aliphatic carbocycles. The van der Waals surface area contributed by atoms with Gasteiger partial charge in [0.1, 0.15) is 29.6 Å². The summed E-state index contributed by atoms with van der Waals surface area (Å²) in [4.78, 5) is 10.7. The van der Waals surface area contributed by atoms with E-state index < -0.39 is 37.0 Å². The summed E-state index contributed by atoms with van der Waals surface area (Å²) in [6.45, 7) is -0.569. The topological polar surface area (TPSA) is 206 Å². The molecule has 4 atom stereocenters. The predicted octanol–water partition coefficient (Wildman–Crippen LogP) is -0.953. The molecule has 0 aliphatic heterocycles. The minimum Gasteiger partial charge on any atom is -0.507 e. The van der Waals surface area contributed by atoms with Crippen molar-refractivity contribution in [2.75, 3.05) is 20.2 Å². The number of phenols is 1. The van der Waals surface area contributed by atoms with E-state index in [-0.39, 0.29) is 24.0 Å².